The van der Waals surface area contributed by atoms with Crippen molar-refractivity contribution < 1.29 is 4.79 Å². The number of rotatable bonds is 3. The van der Waals surface area contributed by atoms with Crippen molar-refractivity contribution in [3.05, 3.63) is 70.2 Å². The Hall–Kier alpha value is -2.60. The Morgan fingerprint density at radius 3 is 2.62 bits per heavy atom. The summed E-state index contributed by atoms with van der Waals surface area (Å²) in [5.74, 6) is 0.708. The van der Waals surface area contributed by atoms with Gasteiger partial charge in [-0.2, -0.15) is 0 Å². The maximum atomic E-state index is 12.8. The molecule has 1 amide bonds. The average molecular weight is 364 g/mol. The molecule has 0 aromatic heterocycles. The van der Waals surface area contributed by atoms with Crippen molar-refractivity contribution in [2.45, 2.75) is 26.4 Å². The van der Waals surface area contributed by atoms with Crippen molar-refractivity contribution >= 4 is 28.5 Å². The number of thioether (sulfide) groups is 1. The lowest BCUT2D eigenvalue weighted by molar-refractivity contribution is -0.116. The number of amides is 1. The van der Waals surface area contributed by atoms with Gasteiger partial charge in [0.1, 0.15) is 5.70 Å². The van der Waals surface area contributed by atoms with E-state index in [1.807, 2.05) is 31.2 Å². The van der Waals surface area contributed by atoms with Gasteiger partial charge in [-0.1, -0.05) is 68.1 Å². The molecule has 0 spiro atoms. The van der Waals surface area contributed by atoms with Crippen LogP contribution in [0.15, 0.2) is 58.6 Å². The molecule has 2 heterocycles. The molecule has 132 valence electrons. The van der Waals surface area contributed by atoms with Crippen LogP contribution in [0.3, 0.4) is 0 Å². The van der Waals surface area contributed by atoms with E-state index in [4.69, 9.17) is 10.1 Å². The Labute approximate surface area is 156 Å². The molecule has 6 heteroatoms. The summed E-state index contributed by atoms with van der Waals surface area (Å²) >= 11 is 1.52. The van der Waals surface area contributed by atoms with Crippen LogP contribution >= 0.6 is 11.8 Å². The predicted octanol–water partition coefficient (Wildman–Crippen LogP) is 2.15. The topological polar surface area (TPSA) is 57.1 Å². The molecule has 0 fully saturated rings. The first-order chi connectivity index (χ1) is 12.7. The molecule has 0 radical (unpaired) electrons. The van der Waals surface area contributed by atoms with E-state index in [0.717, 1.165) is 28.3 Å². The van der Waals surface area contributed by atoms with E-state index in [2.05, 4.69) is 36.5 Å². The van der Waals surface area contributed by atoms with Crippen LogP contribution in [0.1, 0.15) is 31.1 Å². The second-order valence-electron chi connectivity index (χ2n) is 6.10. The van der Waals surface area contributed by atoms with Gasteiger partial charge in [0.15, 0.2) is 11.3 Å². The van der Waals surface area contributed by atoms with Gasteiger partial charge in [0.25, 0.3) is 5.91 Å². The largest absolute Gasteiger partial charge is 0.298 e. The van der Waals surface area contributed by atoms with Crippen LogP contribution in [0.25, 0.3) is 5.70 Å². The van der Waals surface area contributed by atoms with Crippen LogP contribution in [0.2, 0.25) is 0 Å². The van der Waals surface area contributed by atoms with E-state index in [-0.39, 0.29) is 12.1 Å². The number of para-hydroxylation sites is 1. The standard InChI is InChI=1S/C20H20N4OS/c1-3-13-9-11-14(12-10-13)18-21-16-8-6-5-7-15(16)17-19(25)22-20(26-4-2)23-24(17)18/h5-12,18H,3-4H2,1-2H3,(H,22,23,25)/t18-/m1/s1. The highest BCUT2D eigenvalue weighted by molar-refractivity contribution is 8.13. The third-order valence-corrected chi connectivity index (χ3v) is 5.23. The molecule has 0 saturated heterocycles. The van der Waals surface area contributed by atoms with Crippen LogP contribution in [-0.2, 0) is 11.2 Å². The lowest BCUT2D eigenvalue weighted by Gasteiger charge is -2.34. The lowest BCUT2D eigenvalue weighted by Crippen LogP contribution is -2.50. The van der Waals surface area contributed by atoms with Crippen molar-refractivity contribution in [3.63, 3.8) is 0 Å². The summed E-state index contributed by atoms with van der Waals surface area (Å²) in [5.41, 5.74) is 2.85. The van der Waals surface area contributed by atoms with E-state index < -0.39 is 0 Å². The number of hydrogen-bond acceptors (Lipinski definition) is 5. The van der Waals surface area contributed by atoms with Crippen LogP contribution in [0, 0.1) is 0 Å². The van der Waals surface area contributed by atoms with Gasteiger partial charge >= 0.3 is 0 Å². The van der Waals surface area contributed by atoms with Crippen LogP contribution < -0.4 is 15.9 Å². The zero-order valence-corrected chi connectivity index (χ0v) is 15.6. The molecule has 4 rings (SSSR count). The minimum absolute atomic E-state index is 0.131. The lowest BCUT2D eigenvalue weighted by atomic mass is 10.1. The molecule has 2 aromatic carbocycles. The van der Waals surface area contributed by atoms with Gasteiger partial charge in [-0.05, 0) is 29.4 Å². The molecule has 1 atom stereocenters. The van der Waals surface area contributed by atoms with Crippen molar-refractivity contribution in [2.24, 2.45) is 10.1 Å². The van der Waals surface area contributed by atoms with Gasteiger partial charge in [0.05, 0.1) is 5.36 Å². The number of nitrogens with one attached hydrogen (secondary N) is 1. The fourth-order valence-corrected chi connectivity index (χ4v) is 3.76. The van der Waals surface area contributed by atoms with Gasteiger partial charge < -0.3 is 0 Å². The zero-order chi connectivity index (χ0) is 18.1. The van der Waals surface area contributed by atoms with E-state index in [1.165, 1.54) is 17.3 Å². The molecule has 26 heavy (non-hydrogen) atoms. The number of nitrogens with zero attached hydrogens (tertiary/aromatic N) is 3. The predicted molar refractivity (Wildman–Crippen MR) is 105 cm³/mol. The second kappa shape index (κ2) is 6.96. The van der Waals surface area contributed by atoms with Gasteiger partial charge in [-0.25, -0.2) is 5.01 Å². The summed E-state index contributed by atoms with van der Waals surface area (Å²) in [7, 11) is 0. The molecule has 0 bridgehead atoms. The molecule has 0 unspecified atom stereocenters. The minimum atomic E-state index is -0.343. The number of amidine groups is 1. The summed E-state index contributed by atoms with van der Waals surface area (Å²) in [6, 6.07) is 16.1. The van der Waals surface area contributed by atoms with Crippen LogP contribution in [0.5, 0.6) is 0 Å². The minimum Gasteiger partial charge on any atom is -0.298 e. The number of benzene rings is 2. The fourth-order valence-electron chi connectivity index (χ4n) is 3.17. The third-order valence-electron chi connectivity index (χ3n) is 4.48. The maximum Gasteiger partial charge on any atom is 0.276 e. The number of carbonyl (C=O) groups excluding carboxylic acids is 1. The first kappa shape index (κ1) is 16.8. The van der Waals surface area contributed by atoms with Crippen LogP contribution in [0.4, 0.5) is 0 Å². The van der Waals surface area contributed by atoms with Crippen molar-refractivity contribution in [1.82, 2.24) is 10.3 Å². The number of carbonyl (C=O) groups is 1. The quantitative estimate of drug-likeness (QED) is 0.908. The summed E-state index contributed by atoms with van der Waals surface area (Å²) in [5, 5.41) is 11.6. The Balaban J connectivity index is 1.90. The highest BCUT2D eigenvalue weighted by Gasteiger charge is 2.34. The number of hydrazone groups is 1. The Morgan fingerprint density at radius 2 is 1.88 bits per heavy atom. The number of hydrogen-bond donors (Lipinski definition) is 1. The van der Waals surface area contributed by atoms with E-state index >= 15 is 0 Å². The monoisotopic (exact) mass is 364 g/mol. The summed E-state index contributed by atoms with van der Waals surface area (Å²) in [4.78, 5) is 17.7. The van der Waals surface area contributed by atoms with E-state index in [9.17, 15) is 4.79 Å². The number of aryl methyl sites for hydroxylation is 1. The molecule has 2 aliphatic heterocycles. The highest BCUT2D eigenvalue weighted by atomic mass is 32.2. The van der Waals surface area contributed by atoms with Gasteiger partial charge in [0, 0.05) is 5.22 Å². The molecule has 2 aromatic rings. The molecular formula is C20H20N4OS. The average Bonchev–Trinajstić information content (AvgIpc) is 2.67. The Kier molecular flexibility index (Phi) is 4.51. The van der Waals surface area contributed by atoms with Crippen LogP contribution in [-0.4, -0.2) is 21.8 Å². The Morgan fingerprint density at radius 1 is 1.12 bits per heavy atom. The van der Waals surface area contributed by atoms with Gasteiger partial charge in [-0.15, -0.1) is 5.10 Å². The van der Waals surface area contributed by atoms with E-state index in [1.54, 1.807) is 5.01 Å². The Bertz CT molecular complexity index is 997. The van der Waals surface area contributed by atoms with Crippen molar-refractivity contribution in [3.8, 4) is 0 Å². The highest BCUT2D eigenvalue weighted by Crippen LogP contribution is 2.30. The molecular weight excluding hydrogens is 344 g/mol. The van der Waals surface area contributed by atoms with Crippen molar-refractivity contribution in [1.29, 1.82) is 0 Å². The summed E-state index contributed by atoms with van der Waals surface area (Å²) in [6.45, 7) is 4.17. The molecule has 0 saturated carbocycles. The SMILES string of the molecule is CCSC1=NN2C(=c3ccccc3=N[C@H]2c2ccc(CC)cc2)C(=O)N1. The first-order valence-corrected chi connectivity index (χ1v) is 9.77. The normalized spacial score (nSPS) is 18.5. The third kappa shape index (κ3) is 2.90. The fraction of sp³-hybridized carbons (Fsp3) is 0.250. The maximum absolute atomic E-state index is 12.8. The summed E-state index contributed by atoms with van der Waals surface area (Å²) < 4.78 is 0. The molecule has 1 N–H and O–H groups in total. The van der Waals surface area contributed by atoms with Gasteiger partial charge in [0.2, 0.25) is 0 Å². The second-order valence-corrected chi connectivity index (χ2v) is 7.35. The number of fused-ring (bicyclic) bond motifs is 2. The zero-order valence-electron chi connectivity index (χ0n) is 14.8. The smallest absolute Gasteiger partial charge is 0.276 e. The van der Waals surface area contributed by atoms with Crippen molar-refractivity contribution in [2.75, 3.05) is 5.75 Å². The molecule has 5 nitrogen and oxygen atoms in total. The first-order valence-electron chi connectivity index (χ1n) is 8.79. The van der Waals surface area contributed by atoms with E-state index in [0.29, 0.717) is 10.9 Å². The summed E-state index contributed by atoms with van der Waals surface area (Å²) in [6.07, 6.45) is 0.647. The molecule has 0 aliphatic carbocycles. The van der Waals surface area contributed by atoms with Gasteiger partial charge in [-0.3, -0.25) is 15.1 Å². The molecule has 2 aliphatic rings.